The SMILES string of the molecule is c1ccc(-c2ccc3c(c2)c2cc(-c4ccc5c(c4)c4ccc6c7ccccc7n(-c7nc(-c8ccccc8)nc(-c8ccccc8)n7)c6c4n5-c4ccccc4)ccc2n3-c2ccccc2)cc1. The third-order valence-corrected chi connectivity index (χ3v) is 13.7. The average molecular weight is 881 g/mol. The molecule has 6 heteroatoms. The fourth-order valence-corrected chi connectivity index (χ4v) is 10.5. The first kappa shape index (κ1) is 38.8. The summed E-state index contributed by atoms with van der Waals surface area (Å²) in [5, 5.41) is 6.98. The minimum atomic E-state index is 0.561. The van der Waals surface area contributed by atoms with Crippen molar-refractivity contribution in [2.75, 3.05) is 0 Å². The largest absolute Gasteiger partial charge is 0.309 e. The van der Waals surface area contributed by atoms with Gasteiger partial charge in [0, 0.05) is 54.8 Å². The molecule has 322 valence electrons. The van der Waals surface area contributed by atoms with Gasteiger partial charge in [0.25, 0.3) is 0 Å². The van der Waals surface area contributed by atoms with Crippen molar-refractivity contribution >= 4 is 65.4 Å². The molecule has 0 aliphatic carbocycles. The van der Waals surface area contributed by atoms with Gasteiger partial charge in [0.2, 0.25) is 5.95 Å². The lowest BCUT2D eigenvalue weighted by Gasteiger charge is -2.13. The highest BCUT2D eigenvalue weighted by Gasteiger charge is 2.24. The van der Waals surface area contributed by atoms with Crippen LogP contribution in [0.1, 0.15) is 0 Å². The predicted molar refractivity (Wildman–Crippen MR) is 285 cm³/mol. The quantitative estimate of drug-likeness (QED) is 0.160. The molecule has 0 spiro atoms. The van der Waals surface area contributed by atoms with Gasteiger partial charge in [0.1, 0.15) is 0 Å². The Hall–Kier alpha value is -9.39. The monoisotopic (exact) mass is 880 g/mol. The zero-order valence-corrected chi connectivity index (χ0v) is 37.3. The molecule has 69 heavy (non-hydrogen) atoms. The average Bonchev–Trinajstić information content (AvgIpc) is 4.07. The Morgan fingerprint density at radius 3 is 1.14 bits per heavy atom. The zero-order chi connectivity index (χ0) is 45.4. The third-order valence-electron chi connectivity index (χ3n) is 13.7. The molecule has 4 aromatic heterocycles. The first-order valence-electron chi connectivity index (χ1n) is 23.4. The Morgan fingerprint density at radius 1 is 0.232 bits per heavy atom. The van der Waals surface area contributed by atoms with E-state index in [1.165, 1.54) is 32.9 Å². The highest BCUT2D eigenvalue weighted by molar-refractivity contribution is 6.24. The van der Waals surface area contributed by atoms with E-state index >= 15 is 0 Å². The molecule has 0 amide bonds. The molecule has 4 heterocycles. The van der Waals surface area contributed by atoms with Crippen molar-refractivity contribution < 1.29 is 0 Å². The summed E-state index contributed by atoms with van der Waals surface area (Å²) in [4.78, 5) is 15.7. The summed E-state index contributed by atoms with van der Waals surface area (Å²) >= 11 is 0. The molecular formula is C63H40N6. The van der Waals surface area contributed by atoms with E-state index in [0.29, 0.717) is 17.6 Å². The van der Waals surface area contributed by atoms with Gasteiger partial charge in [-0.05, 0) is 89.0 Å². The van der Waals surface area contributed by atoms with Crippen molar-refractivity contribution in [2.24, 2.45) is 0 Å². The Morgan fingerprint density at radius 2 is 0.609 bits per heavy atom. The van der Waals surface area contributed by atoms with E-state index in [9.17, 15) is 0 Å². The first-order valence-corrected chi connectivity index (χ1v) is 23.4. The van der Waals surface area contributed by atoms with Crippen molar-refractivity contribution in [3.05, 3.63) is 243 Å². The topological polar surface area (TPSA) is 53.5 Å². The molecule has 10 aromatic carbocycles. The number of aromatic nitrogens is 6. The van der Waals surface area contributed by atoms with Crippen LogP contribution in [0.3, 0.4) is 0 Å². The molecule has 0 saturated heterocycles. The number of hydrogen-bond acceptors (Lipinski definition) is 3. The smallest absolute Gasteiger partial charge is 0.238 e. The van der Waals surface area contributed by atoms with Crippen LogP contribution in [-0.2, 0) is 0 Å². The number of fused-ring (bicyclic) bond motifs is 10. The maximum absolute atomic E-state index is 5.31. The summed E-state index contributed by atoms with van der Waals surface area (Å²) in [5.41, 5.74) is 15.4. The lowest BCUT2D eigenvalue weighted by atomic mass is 9.99. The first-order chi connectivity index (χ1) is 34.2. The van der Waals surface area contributed by atoms with Gasteiger partial charge in [0.15, 0.2) is 11.6 Å². The van der Waals surface area contributed by atoms with Gasteiger partial charge in [0.05, 0.1) is 33.1 Å². The molecule has 0 bridgehead atoms. The molecule has 0 aliphatic rings. The van der Waals surface area contributed by atoms with Gasteiger partial charge in [-0.15, -0.1) is 0 Å². The maximum Gasteiger partial charge on any atom is 0.238 e. The van der Waals surface area contributed by atoms with Gasteiger partial charge in [-0.3, -0.25) is 4.57 Å². The van der Waals surface area contributed by atoms with Crippen molar-refractivity contribution in [3.8, 4) is 62.4 Å². The third kappa shape index (κ3) is 6.23. The second kappa shape index (κ2) is 15.6. The molecule has 0 aliphatic heterocycles. The van der Waals surface area contributed by atoms with Crippen LogP contribution in [0.4, 0.5) is 0 Å². The van der Waals surface area contributed by atoms with E-state index in [2.05, 4.69) is 220 Å². The molecule has 0 radical (unpaired) electrons. The van der Waals surface area contributed by atoms with Gasteiger partial charge >= 0.3 is 0 Å². The molecule has 14 aromatic rings. The van der Waals surface area contributed by atoms with Crippen molar-refractivity contribution in [1.29, 1.82) is 0 Å². The molecule has 0 N–H and O–H groups in total. The summed E-state index contributed by atoms with van der Waals surface area (Å²) in [6, 6.07) is 86.4. The van der Waals surface area contributed by atoms with Crippen LogP contribution >= 0.6 is 0 Å². The van der Waals surface area contributed by atoms with Crippen LogP contribution < -0.4 is 0 Å². The Labute approximate surface area is 397 Å². The van der Waals surface area contributed by atoms with Crippen LogP contribution in [0.25, 0.3) is 128 Å². The predicted octanol–water partition coefficient (Wildman–Crippen LogP) is 15.8. The molecule has 0 unspecified atom stereocenters. The van der Waals surface area contributed by atoms with E-state index in [1.54, 1.807) is 0 Å². The van der Waals surface area contributed by atoms with Gasteiger partial charge in [-0.25, -0.2) is 4.98 Å². The van der Waals surface area contributed by atoms with Gasteiger partial charge in [-0.1, -0.05) is 176 Å². The minimum absolute atomic E-state index is 0.561. The van der Waals surface area contributed by atoms with Crippen molar-refractivity contribution in [3.63, 3.8) is 0 Å². The Kier molecular flexibility index (Phi) is 8.79. The van der Waals surface area contributed by atoms with E-state index in [1.807, 2.05) is 36.4 Å². The maximum atomic E-state index is 5.31. The summed E-state index contributed by atoms with van der Waals surface area (Å²) < 4.78 is 7.07. The van der Waals surface area contributed by atoms with Crippen LogP contribution in [0, 0.1) is 0 Å². The zero-order valence-electron chi connectivity index (χ0n) is 37.3. The fraction of sp³-hybridized carbons (Fsp3) is 0. The van der Waals surface area contributed by atoms with Crippen molar-refractivity contribution in [2.45, 2.75) is 0 Å². The van der Waals surface area contributed by atoms with Gasteiger partial charge < -0.3 is 9.13 Å². The van der Waals surface area contributed by atoms with Crippen LogP contribution in [0.2, 0.25) is 0 Å². The van der Waals surface area contributed by atoms with E-state index in [-0.39, 0.29) is 0 Å². The second-order valence-corrected chi connectivity index (χ2v) is 17.6. The van der Waals surface area contributed by atoms with Gasteiger partial charge in [-0.2, -0.15) is 9.97 Å². The number of para-hydroxylation sites is 3. The molecule has 14 rings (SSSR count). The highest BCUT2D eigenvalue weighted by Crippen LogP contribution is 2.44. The normalized spacial score (nSPS) is 11.8. The summed E-state index contributed by atoms with van der Waals surface area (Å²) in [6.07, 6.45) is 0. The second-order valence-electron chi connectivity index (χ2n) is 17.6. The number of nitrogens with zero attached hydrogens (tertiary/aromatic N) is 6. The highest BCUT2D eigenvalue weighted by atomic mass is 15.2. The molecule has 0 fully saturated rings. The van der Waals surface area contributed by atoms with Crippen LogP contribution in [0.15, 0.2) is 243 Å². The van der Waals surface area contributed by atoms with E-state index in [0.717, 1.165) is 77.2 Å². The molecule has 6 nitrogen and oxygen atoms in total. The van der Waals surface area contributed by atoms with Crippen LogP contribution in [-0.4, -0.2) is 28.7 Å². The Bertz CT molecular complexity index is 4210. The van der Waals surface area contributed by atoms with Crippen molar-refractivity contribution in [1.82, 2.24) is 28.7 Å². The summed E-state index contributed by atoms with van der Waals surface area (Å²) in [5.74, 6) is 1.79. The van der Waals surface area contributed by atoms with E-state index in [4.69, 9.17) is 15.0 Å². The fourth-order valence-electron chi connectivity index (χ4n) is 10.5. The van der Waals surface area contributed by atoms with E-state index < -0.39 is 0 Å². The minimum Gasteiger partial charge on any atom is -0.309 e. The lowest BCUT2D eigenvalue weighted by Crippen LogP contribution is -2.07. The van der Waals surface area contributed by atoms with Crippen LogP contribution in [0.5, 0.6) is 0 Å². The summed E-state index contributed by atoms with van der Waals surface area (Å²) in [7, 11) is 0. The molecule has 0 saturated carbocycles. The Balaban J connectivity index is 1.04. The number of hydrogen-bond donors (Lipinski definition) is 0. The standard InChI is InChI=1S/C63H40N6/c1-6-18-41(19-7-1)44-30-35-56-53(38-44)54-40-46(31-36-57(54)67(56)47-24-12-4-13-25-47)45-32-37-58-52(39-45)51-34-33-50-49-28-16-17-29-55(49)69(60(50)59(51)68(58)48-26-14-5-15-27-48)63-65-61(42-20-8-2-9-21-42)64-62(66-63)43-22-10-3-11-23-43/h1-40H. The molecular weight excluding hydrogens is 841 g/mol. The number of rotatable bonds is 7. The summed E-state index contributed by atoms with van der Waals surface area (Å²) in [6.45, 7) is 0. The lowest BCUT2D eigenvalue weighted by molar-refractivity contribution is 0.953. The number of benzene rings is 10. The molecule has 0 atom stereocenters.